The monoisotopic (exact) mass is 344 g/mol. The van der Waals surface area contributed by atoms with Crippen LogP contribution < -0.4 is 0 Å². The van der Waals surface area contributed by atoms with Crippen LogP contribution in [0.4, 0.5) is 0 Å². The summed E-state index contributed by atoms with van der Waals surface area (Å²) in [4.78, 5) is 12.5. The number of hydrogen-bond acceptors (Lipinski definition) is 5. The Morgan fingerprint density at radius 3 is 2.83 bits per heavy atom. The Hall–Kier alpha value is -2.02. The zero-order chi connectivity index (χ0) is 16.5. The number of rotatable bonds is 4. The number of nitrogens with zero attached hydrogens (tertiary/aromatic N) is 4. The molecule has 0 saturated heterocycles. The van der Waals surface area contributed by atoms with Crippen molar-refractivity contribution in [2.24, 2.45) is 0 Å². The van der Waals surface area contributed by atoms with Crippen molar-refractivity contribution in [1.82, 2.24) is 19.5 Å². The van der Waals surface area contributed by atoms with Crippen molar-refractivity contribution in [3.63, 3.8) is 0 Å². The Bertz CT molecular complexity index is 839. The summed E-state index contributed by atoms with van der Waals surface area (Å²) in [5.74, 6) is 0. The second-order valence-corrected chi connectivity index (χ2v) is 6.37. The lowest BCUT2D eigenvalue weighted by atomic mass is 10.2. The van der Waals surface area contributed by atoms with Gasteiger partial charge in [0.25, 0.3) is 0 Å². The summed E-state index contributed by atoms with van der Waals surface area (Å²) in [6.45, 7) is 0.494. The fourth-order valence-electron chi connectivity index (χ4n) is 3.23. The van der Waals surface area contributed by atoms with Gasteiger partial charge in [-0.15, -0.1) is 0 Å². The van der Waals surface area contributed by atoms with Gasteiger partial charge in [0.1, 0.15) is 11.8 Å². The van der Waals surface area contributed by atoms with Gasteiger partial charge in [-0.25, -0.2) is 15.0 Å². The highest BCUT2D eigenvalue weighted by Crippen LogP contribution is 2.35. The fraction of sp³-hybridized carbons (Fsp3) is 0.353. The Morgan fingerprint density at radius 2 is 2.00 bits per heavy atom. The van der Waals surface area contributed by atoms with Gasteiger partial charge in [-0.2, -0.15) is 0 Å². The maximum atomic E-state index is 10.3. The van der Waals surface area contributed by atoms with E-state index in [0.29, 0.717) is 35.8 Å². The molecule has 0 bridgehead atoms. The Labute approximate surface area is 144 Å². The molecular weight excluding hydrogens is 328 g/mol. The molecule has 6 nitrogen and oxygen atoms in total. The molecule has 7 heteroatoms. The molecule has 3 atom stereocenters. The number of aliphatic hydroxyl groups excluding tert-OH is 1. The van der Waals surface area contributed by atoms with Gasteiger partial charge in [-0.3, -0.25) is 0 Å². The summed E-state index contributed by atoms with van der Waals surface area (Å²) in [6.07, 6.45) is 3.74. The van der Waals surface area contributed by atoms with E-state index in [9.17, 15) is 5.11 Å². The second kappa shape index (κ2) is 6.47. The summed E-state index contributed by atoms with van der Waals surface area (Å²) in [5, 5.41) is 10.7. The van der Waals surface area contributed by atoms with Gasteiger partial charge in [0.15, 0.2) is 10.8 Å². The van der Waals surface area contributed by atoms with Crippen molar-refractivity contribution in [3.05, 3.63) is 53.7 Å². The molecule has 1 N–H and O–H groups in total. The second-order valence-electron chi connectivity index (χ2n) is 6.02. The highest BCUT2D eigenvalue weighted by Gasteiger charge is 2.35. The Kier molecular flexibility index (Phi) is 4.18. The van der Waals surface area contributed by atoms with E-state index in [1.807, 2.05) is 34.9 Å². The minimum absolute atomic E-state index is 0.0803. The van der Waals surface area contributed by atoms with Crippen molar-refractivity contribution in [2.75, 3.05) is 0 Å². The lowest BCUT2D eigenvalue weighted by molar-refractivity contribution is -0.0274. The zero-order valence-corrected chi connectivity index (χ0v) is 13.7. The van der Waals surface area contributed by atoms with Crippen LogP contribution in [0.5, 0.6) is 0 Å². The Balaban J connectivity index is 1.49. The van der Waals surface area contributed by atoms with E-state index >= 15 is 0 Å². The van der Waals surface area contributed by atoms with Crippen LogP contribution in [0.2, 0.25) is 5.15 Å². The van der Waals surface area contributed by atoms with E-state index in [1.165, 1.54) is 6.33 Å². The third kappa shape index (κ3) is 2.88. The van der Waals surface area contributed by atoms with Gasteiger partial charge in [-0.1, -0.05) is 41.9 Å². The maximum absolute atomic E-state index is 10.3. The number of imidazole rings is 1. The molecule has 0 aliphatic heterocycles. The summed E-state index contributed by atoms with van der Waals surface area (Å²) in [5.41, 5.74) is 2.37. The molecule has 2 heterocycles. The number of ether oxygens (including phenoxy) is 1. The number of aliphatic hydroxyl groups is 1. The predicted molar refractivity (Wildman–Crippen MR) is 89.6 cm³/mol. The Morgan fingerprint density at radius 1 is 1.17 bits per heavy atom. The molecular formula is C17H17ClN4O2. The third-order valence-electron chi connectivity index (χ3n) is 4.46. The van der Waals surface area contributed by atoms with Gasteiger partial charge in [-0.05, 0) is 18.4 Å². The molecule has 1 aliphatic rings. The molecule has 1 aromatic carbocycles. The van der Waals surface area contributed by atoms with E-state index in [-0.39, 0.29) is 12.1 Å². The minimum atomic E-state index is -0.506. The van der Waals surface area contributed by atoms with Crippen LogP contribution in [0.1, 0.15) is 24.4 Å². The fourth-order valence-corrected chi connectivity index (χ4v) is 3.40. The molecule has 1 fully saturated rings. The topological polar surface area (TPSA) is 73.1 Å². The predicted octanol–water partition coefficient (Wildman–Crippen LogP) is 2.76. The van der Waals surface area contributed by atoms with E-state index < -0.39 is 6.10 Å². The lowest BCUT2D eigenvalue weighted by Crippen LogP contribution is -2.22. The number of aromatic nitrogens is 4. The van der Waals surface area contributed by atoms with E-state index in [4.69, 9.17) is 16.3 Å². The van der Waals surface area contributed by atoms with Crippen molar-refractivity contribution in [2.45, 2.75) is 37.7 Å². The average Bonchev–Trinajstić information content (AvgIpc) is 3.18. The molecule has 124 valence electrons. The van der Waals surface area contributed by atoms with Gasteiger partial charge in [0.05, 0.1) is 25.1 Å². The van der Waals surface area contributed by atoms with Crippen LogP contribution in [0.25, 0.3) is 11.2 Å². The van der Waals surface area contributed by atoms with Crippen molar-refractivity contribution in [1.29, 1.82) is 0 Å². The molecule has 24 heavy (non-hydrogen) atoms. The standard InChI is InChI=1S/C17H17ClN4O2/c18-16-15-17(20-9-19-16)22(10-21-15)12-6-13(23)14(7-12)24-8-11-4-2-1-3-5-11/h1-5,9-10,12-14,23H,6-8H2/t12-,13+,14+/m1/s1. The van der Waals surface area contributed by atoms with Crippen LogP contribution in [-0.2, 0) is 11.3 Å². The van der Waals surface area contributed by atoms with Crippen LogP contribution in [0.3, 0.4) is 0 Å². The van der Waals surface area contributed by atoms with Gasteiger partial charge < -0.3 is 14.4 Å². The summed E-state index contributed by atoms with van der Waals surface area (Å²) in [7, 11) is 0. The molecule has 0 radical (unpaired) electrons. The molecule has 1 saturated carbocycles. The van der Waals surface area contributed by atoms with Crippen molar-refractivity contribution >= 4 is 22.8 Å². The molecule has 3 aromatic rings. The SMILES string of the molecule is O[C@H]1C[C@@H](n2cnc3c(Cl)ncnc32)C[C@@H]1OCc1ccccc1. The third-order valence-corrected chi connectivity index (χ3v) is 4.74. The normalized spacial score (nSPS) is 23.8. The van der Waals surface area contributed by atoms with Crippen molar-refractivity contribution in [3.8, 4) is 0 Å². The van der Waals surface area contributed by atoms with E-state index in [2.05, 4.69) is 15.0 Å². The molecule has 1 aliphatic carbocycles. The average molecular weight is 345 g/mol. The van der Waals surface area contributed by atoms with Crippen LogP contribution >= 0.6 is 11.6 Å². The molecule has 0 unspecified atom stereocenters. The zero-order valence-electron chi connectivity index (χ0n) is 12.9. The van der Waals surface area contributed by atoms with Gasteiger partial charge >= 0.3 is 0 Å². The number of benzene rings is 1. The highest BCUT2D eigenvalue weighted by molar-refractivity contribution is 6.33. The summed E-state index contributed by atoms with van der Waals surface area (Å²) >= 11 is 6.05. The number of halogens is 1. The first-order valence-electron chi connectivity index (χ1n) is 7.89. The van der Waals surface area contributed by atoms with E-state index in [0.717, 1.165) is 5.56 Å². The van der Waals surface area contributed by atoms with Gasteiger partial charge in [0, 0.05) is 6.04 Å². The minimum Gasteiger partial charge on any atom is -0.390 e. The van der Waals surface area contributed by atoms with Crippen LogP contribution in [-0.4, -0.2) is 36.8 Å². The molecule has 0 spiro atoms. The van der Waals surface area contributed by atoms with E-state index in [1.54, 1.807) is 6.33 Å². The lowest BCUT2D eigenvalue weighted by Gasteiger charge is -2.15. The van der Waals surface area contributed by atoms with Crippen LogP contribution in [0.15, 0.2) is 43.0 Å². The largest absolute Gasteiger partial charge is 0.390 e. The number of hydrogen-bond donors (Lipinski definition) is 1. The first-order valence-corrected chi connectivity index (χ1v) is 8.27. The molecule has 2 aromatic heterocycles. The van der Waals surface area contributed by atoms with Gasteiger partial charge in [0.2, 0.25) is 0 Å². The van der Waals surface area contributed by atoms with Crippen molar-refractivity contribution < 1.29 is 9.84 Å². The van der Waals surface area contributed by atoms with Crippen LogP contribution in [0, 0.1) is 0 Å². The summed E-state index contributed by atoms with van der Waals surface area (Å²) in [6, 6.07) is 10.0. The highest BCUT2D eigenvalue weighted by atomic mass is 35.5. The quantitative estimate of drug-likeness (QED) is 0.737. The number of fused-ring (bicyclic) bond motifs is 1. The maximum Gasteiger partial charge on any atom is 0.165 e. The summed E-state index contributed by atoms with van der Waals surface area (Å²) < 4.78 is 7.88. The first-order chi connectivity index (χ1) is 11.7. The molecule has 4 rings (SSSR count). The first kappa shape index (κ1) is 15.5. The smallest absolute Gasteiger partial charge is 0.165 e. The molecule has 0 amide bonds.